The minimum Gasteiger partial charge on any atom is -0.368 e. The molecule has 0 aliphatic heterocycles. The van der Waals surface area contributed by atoms with Gasteiger partial charge in [-0.15, -0.1) is 0 Å². The summed E-state index contributed by atoms with van der Waals surface area (Å²) in [5, 5.41) is 10.4. The van der Waals surface area contributed by atoms with Crippen LogP contribution in [-0.2, 0) is 12.8 Å². The van der Waals surface area contributed by atoms with Gasteiger partial charge >= 0.3 is 0 Å². The zero-order valence-electron chi connectivity index (χ0n) is 11.5. The average molecular weight is 288 g/mol. The number of aryl methyl sites for hydroxylation is 1. The monoisotopic (exact) mass is 288 g/mol. The van der Waals surface area contributed by atoms with Crippen LogP contribution in [0.4, 0.5) is 4.39 Å². The molecule has 3 rings (SSSR count). The van der Waals surface area contributed by atoms with Crippen LogP contribution in [0.3, 0.4) is 0 Å². The van der Waals surface area contributed by atoms with Gasteiger partial charge in [-0.25, -0.2) is 4.39 Å². The normalized spacial score (nSPS) is 14.3. The van der Waals surface area contributed by atoms with E-state index in [9.17, 15) is 9.18 Å². The Kier molecular flexibility index (Phi) is 3.37. The van der Waals surface area contributed by atoms with Crippen LogP contribution in [-0.4, -0.2) is 15.7 Å². The molecule has 1 fully saturated rings. The minimum absolute atomic E-state index is 0.244. The van der Waals surface area contributed by atoms with Crippen molar-refractivity contribution in [1.82, 2.24) is 9.78 Å². The van der Waals surface area contributed by atoms with E-state index in [4.69, 9.17) is 11.1 Å². The number of H-pyrrole nitrogens is 1. The van der Waals surface area contributed by atoms with Crippen LogP contribution in [0.15, 0.2) is 29.1 Å². The number of halogens is 1. The SMILES string of the molecule is N=C(N)n1[nH]c(C2CC2)c(CCc2ccc(F)cc2)c1=O. The predicted molar refractivity (Wildman–Crippen MR) is 78.1 cm³/mol. The first-order chi connectivity index (χ1) is 10.1. The lowest BCUT2D eigenvalue weighted by Crippen LogP contribution is -2.31. The maximum atomic E-state index is 12.9. The van der Waals surface area contributed by atoms with Crippen molar-refractivity contribution in [3.8, 4) is 0 Å². The number of benzene rings is 1. The highest BCUT2D eigenvalue weighted by atomic mass is 19.1. The summed E-state index contributed by atoms with van der Waals surface area (Å²) in [7, 11) is 0. The predicted octanol–water partition coefficient (Wildman–Crippen LogP) is 1.72. The van der Waals surface area contributed by atoms with Gasteiger partial charge in [0, 0.05) is 17.2 Å². The number of rotatable bonds is 4. The molecule has 1 heterocycles. The Balaban J connectivity index is 1.85. The molecular formula is C15H17FN4O. The van der Waals surface area contributed by atoms with Crippen molar-refractivity contribution in [2.45, 2.75) is 31.6 Å². The van der Waals surface area contributed by atoms with E-state index in [0.717, 1.165) is 28.8 Å². The molecule has 0 amide bonds. The van der Waals surface area contributed by atoms with Gasteiger partial charge in [0.2, 0.25) is 5.96 Å². The fourth-order valence-electron chi connectivity index (χ4n) is 2.53. The minimum atomic E-state index is -0.296. The standard InChI is InChI=1S/C15H17FN4O/c16-11-6-1-9(2-7-11)3-8-12-13(10-4-5-10)19-20(14(12)21)15(17)18/h1-2,6-7,10,19H,3-5,8H2,(H3,17,18). The summed E-state index contributed by atoms with van der Waals surface area (Å²) >= 11 is 0. The number of aromatic amines is 1. The summed E-state index contributed by atoms with van der Waals surface area (Å²) in [6.07, 6.45) is 3.33. The van der Waals surface area contributed by atoms with Crippen molar-refractivity contribution in [3.63, 3.8) is 0 Å². The van der Waals surface area contributed by atoms with Crippen LogP contribution in [0.1, 0.15) is 35.6 Å². The number of aromatic nitrogens is 2. The molecule has 0 saturated heterocycles. The van der Waals surface area contributed by atoms with Gasteiger partial charge in [0.15, 0.2) is 0 Å². The first-order valence-corrected chi connectivity index (χ1v) is 6.99. The van der Waals surface area contributed by atoms with E-state index in [-0.39, 0.29) is 17.3 Å². The number of hydrogen-bond donors (Lipinski definition) is 3. The van der Waals surface area contributed by atoms with E-state index >= 15 is 0 Å². The topological polar surface area (TPSA) is 87.7 Å². The fraction of sp³-hybridized carbons (Fsp3) is 0.333. The molecule has 4 N–H and O–H groups in total. The second-order valence-electron chi connectivity index (χ2n) is 5.43. The Morgan fingerprint density at radius 2 is 2.00 bits per heavy atom. The van der Waals surface area contributed by atoms with E-state index in [1.54, 1.807) is 12.1 Å². The molecule has 1 saturated carbocycles. The van der Waals surface area contributed by atoms with E-state index in [1.807, 2.05) is 0 Å². The van der Waals surface area contributed by atoms with E-state index < -0.39 is 0 Å². The average Bonchev–Trinajstić information content (AvgIpc) is 3.23. The third-order valence-electron chi connectivity index (χ3n) is 3.82. The number of hydrogen-bond acceptors (Lipinski definition) is 2. The van der Waals surface area contributed by atoms with Gasteiger partial charge in [0.05, 0.1) is 0 Å². The molecular weight excluding hydrogens is 271 g/mol. The van der Waals surface area contributed by atoms with E-state index in [2.05, 4.69) is 5.10 Å². The molecule has 1 aromatic heterocycles. The van der Waals surface area contributed by atoms with Crippen molar-refractivity contribution in [3.05, 3.63) is 57.3 Å². The Bertz CT molecular complexity index is 725. The van der Waals surface area contributed by atoms with Crippen LogP contribution >= 0.6 is 0 Å². The molecule has 5 nitrogen and oxygen atoms in total. The Labute approximate surface area is 121 Å². The quantitative estimate of drug-likeness (QED) is 0.591. The maximum absolute atomic E-state index is 12.9. The summed E-state index contributed by atoms with van der Waals surface area (Å²) in [5.41, 5.74) is 7.74. The van der Waals surface area contributed by atoms with Crippen molar-refractivity contribution in [2.75, 3.05) is 0 Å². The second kappa shape index (κ2) is 5.20. The van der Waals surface area contributed by atoms with Gasteiger partial charge in [-0.1, -0.05) is 12.1 Å². The zero-order valence-corrected chi connectivity index (χ0v) is 11.5. The van der Waals surface area contributed by atoms with Crippen molar-refractivity contribution in [2.24, 2.45) is 5.73 Å². The molecule has 2 aromatic rings. The summed E-state index contributed by atoms with van der Waals surface area (Å²) in [5.74, 6) is -0.186. The molecule has 0 bridgehead atoms. The highest BCUT2D eigenvalue weighted by molar-refractivity contribution is 5.76. The number of nitrogens with zero attached hydrogens (tertiary/aromatic N) is 1. The van der Waals surface area contributed by atoms with Gasteiger partial charge < -0.3 is 5.73 Å². The largest absolute Gasteiger partial charge is 0.368 e. The lowest BCUT2D eigenvalue weighted by Gasteiger charge is -2.01. The van der Waals surface area contributed by atoms with Gasteiger partial charge in [-0.3, -0.25) is 15.3 Å². The molecule has 0 spiro atoms. The molecule has 21 heavy (non-hydrogen) atoms. The maximum Gasteiger partial charge on any atom is 0.277 e. The van der Waals surface area contributed by atoms with Crippen LogP contribution in [0, 0.1) is 11.2 Å². The van der Waals surface area contributed by atoms with Crippen molar-refractivity contribution < 1.29 is 4.39 Å². The van der Waals surface area contributed by atoms with Crippen molar-refractivity contribution >= 4 is 5.96 Å². The first kappa shape index (κ1) is 13.6. The molecule has 1 aliphatic carbocycles. The lowest BCUT2D eigenvalue weighted by molar-refractivity contribution is 0.627. The number of nitrogens with two attached hydrogens (primary N) is 1. The number of nitrogen functional groups attached to an aromatic ring is 1. The van der Waals surface area contributed by atoms with Gasteiger partial charge in [0.25, 0.3) is 5.56 Å². The fourth-order valence-corrected chi connectivity index (χ4v) is 2.53. The van der Waals surface area contributed by atoms with Crippen LogP contribution in [0.5, 0.6) is 0 Å². The van der Waals surface area contributed by atoms with Gasteiger partial charge in [0.1, 0.15) is 5.82 Å². The summed E-state index contributed by atoms with van der Waals surface area (Å²) in [6.45, 7) is 0. The molecule has 0 radical (unpaired) electrons. The third-order valence-corrected chi connectivity index (χ3v) is 3.82. The highest BCUT2D eigenvalue weighted by Gasteiger charge is 2.30. The number of nitrogens with one attached hydrogen (secondary N) is 2. The molecule has 0 atom stereocenters. The zero-order chi connectivity index (χ0) is 15.0. The lowest BCUT2D eigenvalue weighted by atomic mass is 10.0. The molecule has 110 valence electrons. The molecule has 6 heteroatoms. The third kappa shape index (κ3) is 2.74. The molecule has 1 aromatic carbocycles. The summed E-state index contributed by atoms with van der Waals surface area (Å²) in [6, 6.07) is 6.29. The first-order valence-electron chi connectivity index (χ1n) is 6.99. The molecule has 1 aliphatic rings. The van der Waals surface area contributed by atoms with Crippen molar-refractivity contribution in [1.29, 1.82) is 5.41 Å². The Morgan fingerprint density at radius 1 is 1.33 bits per heavy atom. The van der Waals surface area contributed by atoms with E-state index in [1.165, 1.54) is 12.1 Å². The highest BCUT2D eigenvalue weighted by Crippen LogP contribution is 2.40. The second-order valence-corrected chi connectivity index (χ2v) is 5.43. The van der Waals surface area contributed by atoms with E-state index in [0.29, 0.717) is 24.3 Å². The van der Waals surface area contributed by atoms with Crippen LogP contribution in [0.2, 0.25) is 0 Å². The Hall–Kier alpha value is -2.37. The van der Waals surface area contributed by atoms with Gasteiger partial charge in [-0.2, -0.15) is 4.68 Å². The van der Waals surface area contributed by atoms with Crippen LogP contribution < -0.4 is 11.3 Å². The van der Waals surface area contributed by atoms with Gasteiger partial charge in [-0.05, 0) is 43.4 Å². The summed E-state index contributed by atoms with van der Waals surface area (Å²) in [4.78, 5) is 12.3. The molecule has 0 unspecified atom stereocenters. The smallest absolute Gasteiger partial charge is 0.277 e. The van der Waals surface area contributed by atoms with Crippen LogP contribution in [0.25, 0.3) is 0 Å². The Morgan fingerprint density at radius 3 is 2.57 bits per heavy atom. The summed E-state index contributed by atoms with van der Waals surface area (Å²) < 4.78 is 14.0.